The van der Waals surface area contributed by atoms with E-state index in [2.05, 4.69) is 4.98 Å². The van der Waals surface area contributed by atoms with Crippen molar-refractivity contribution in [1.29, 1.82) is 0 Å². The van der Waals surface area contributed by atoms with Crippen molar-refractivity contribution in [2.75, 3.05) is 0 Å². The summed E-state index contributed by atoms with van der Waals surface area (Å²) >= 11 is 5.93. The molecule has 0 bridgehead atoms. The smallest absolute Gasteiger partial charge is 0.276 e. The van der Waals surface area contributed by atoms with Gasteiger partial charge in [-0.2, -0.15) is 0 Å². The van der Waals surface area contributed by atoms with E-state index in [1.54, 1.807) is 31.6 Å². The SMILES string of the molecule is CC.Cn1cc(Cl)c2cccnc2c1=O. The summed E-state index contributed by atoms with van der Waals surface area (Å²) < 4.78 is 1.43. The van der Waals surface area contributed by atoms with Crippen LogP contribution in [-0.4, -0.2) is 9.55 Å². The lowest BCUT2D eigenvalue weighted by Crippen LogP contribution is -2.16. The van der Waals surface area contributed by atoms with Crippen molar-refractivity contribution in [3.05, 3.63) is 39.9 Å². The van der Waals surface area contributed by atoms with Crippen LogP contribution in [0.4, 0.5) is 0 Å². The van der Waals surface area contributed by atoms with Crippen LogP contribution in [0.1, 0.15) is 13.8 Å². The van der Waals surface area contributed by atoms with Crippen molar-refractivity contribution in [3.63, 3.8) is 0 Å². The molecule has 0 aliphatic heterocycles. The van der Waals surface area contributed by atoms with Crippen LogP contribution >= 0.6 is 11.6 Å². The molecule has 2 aromatic rings. The molecule has 0 N–H and O–H groups in total. The summed E-state index contributed by atoms with van der Waals surface area (Å²) in [5.74, 6) is 0. The maximum atomic E-state index is 11.5. The van der Waals surface area contributed by atoms with E-state index in [1.807, 2.05) is 13.8 Å². The number of nitrogens with zero attached hydrogens (tertiary/aromatic N) is 2. The molecule has 0 radical (unpaired) electrons. The van der Waals surface area contributed by atoms with Gasteiger partial charge in [-0.1, -0.05) is 25.4 Å². The number of halogens is 1. The summed E-state index contributed by atoms with van der Waals surface area (Å²) in [5.41, 5.74) is 0.289. The number of hydrogen-bond acceptors (Lipinski definition) is 2. The molecule has 0 saturated heterocycles. The number of pyridine rings is 2. The highest BCUT2D eigenvalue weighted by molar-refractivity contribution is 6.35. The topological polar surface area (TPSA) is 34.9 Å². The Morgan fingerprint density at radius 1 is 1.40 bits per heavy atom. The van der Waals surface area contributed by atoms with Crippen molar-refractivity contribution in [1.82, 2.24) is 9.55 Å². The molecule has 0 amide bonds. The van der Waals surface area contributed by atoms with Gasteiger partial charge in [0.15, 0.2) is 0 Å². The minimum atomic E-state index is -0.125. The van der Waals surface area contributed by atoms with E-state index in [4.69, 9.17) is 11.6 Å². The van der Waals surface area contributed by atoms with Gasteiger partial charge < -0.3 is 4.57 Å². The predicted molar refractivity (Wildman–Crippen MR) is 63.3 cm³/mol. The summed E-state index contributed by atoms with van der Waals surface area (Å²) in [7, 11) is 1.66. The van der Waals surface area contributed by atoms with Crippen molar-refractivity contribution in [2.24, 2.45) is 7.05 Å². The zero-order valence-electron chi connectivity index (χ0n) is 8.99. The van der Waals surface area contributed by atoms with Crippen LogP contribution in [0, 0.1) is 0 Å². The van der Waals surface area contributed by atoms with Gasteiger partial charge in [0, 0.05) is 24.8 Å². The van der Waals surface area contributed by atoms with Crippen LogP contribution in [0.15, 0.2) is 29.3 Å². The molecule has 2 aromatic heterocycles. The molecule has 0 aliphatic carbocycles. The molecular weight excluding hydrogens is 212 g/mol. The first-order valence-electron chi connectivity index (χ1n) is 4.80. The van der Waals surface area contributed by atoms with Gasteiger partial charge in [-0.25, -0.2) is 0 Å². The second kappa shape index (κ2) is 4.94. The molecule has 0 fully saturated rings. The van der Waals surface area contributed by atoms with Gasteiger partial charge in [0.05, 0.1) is 5.02 Å². The average molecular weight is 225 g/mol. The van der Waals surface area contributed by atoms with Crippen molar-refractivity contribution < 1.29 is 0 Å². The second-order valence-electron chi connectivity index (χ2n) is 2.79. The molecule has 0 aliphatic rings. The van der Waals surface area contributed by atoms with Gasteiger partial charge in [0.25, 0.3) is 5.56 Å². The van der Waals surface area contributed by atoms with Crippen LogP contribution in [0.5, 0.6) is 0 Å². The molecule has 0 aromatic carbocycles. The molecule has 0 atom stereocenters. The lowest BCUT2D eigenvalue weighted by molar-refractivity contribution is 0.869. The number of aryl methyl sites for hydroxylation is 1. The Hall–Kier alpha value is -1.35. The van der Waals surface area contributed by atoms with Gasteiger partial charge in [-0.15, -0.1) is 0 Å². The largest absolute Gasteiger partial charge is 0.315 e. The van der Waals surface area contributed by atoms with Crippen LogP contribution in [0.2, 0.25) is 5.02 Å². The maximum absolute atomic E-state index is 11.5. The molecule has 2 rings (SSSR count). The third kappa shape index (κ3) is 2.18. The van der Waals surface area contributed by atoms with E-state index in [1.165, 1.54) is 4.57 Å². The maximum Gasteiger partial charge on any atom is 0.276 e. The minimum Gasteiger partial charge on any atom is -0.315 e. The van der Waals surface area contributed by atoms with Gasteiger partial charge in [-0.05, 0) is 12.1 Å². The van der Waals surface area contributed by atoms with E-state index in [-0.39, 0.29) is 5.56 Å². The molecular formula is C11H13ClN2O. The molecule has 3 nitrogen and oxygen atoms in total. The highest BCUT2D eigenvalue weighted by Crippen LogP contribution is 2.17. The average Bonchev–Trinajstić information content (AvgIpc) is 2.29. The van der Waals surface area contributed by atoms with E-state index >= 15 is 0 Å². The Morgan fingerprint density at radius 2 is 2.07 bits per heavy atom. The third-order valence-corrected chi connectivity index (χ3v) is 2.20. The first-order valence-corrected chi connectivity index (χ1v) is 5.18. The van der Waals surface area contributed by atoms with Crippen LogP contribution < -0.4 is 5.56 Å². The highest BCUT2D eigenvalue weighted by Gasteiger charge is 2.04. The molecule has 0 spiro atoms. The molecule has 4 heteroatoms. The second-order valence-corrected chi connectivity index (χ2v) is 3.20. The van der Waals surface area contributed by atoms with E-state index < -0.39 is 0 Å². The number of rotatable bonds is 0. The fraction of sp³-hybridized carbons (Fsp3) is 0.273. The zero-order valence-corrected chi connectivity index (χ0v) is 9.75. The lowest BCUT2D eigenvalue weighted by Gasteiger charge is -2.01. The van der Waals surface area contributed by atoms with Gasteiger partial charge in [0.2, 0.25) is 0 Å². The zero-order chi connectivity index (χ0) is 11.4. The Morgan fingerprint density at radius 3 is 2.73 bits per heavy atom. The Kier molecular flexibility index (Phi) is 3.86. The molecule has 15 heavy (non-hydrogen) atoms. The van der Waals surface area contributed by atoms with E-state index in [0.29, 0.717) is 15.9 Å². The highest BCUT2D eigenvalue weighted by atomic mass is 35.5. The first-order chi connectivity index (χ1) is 7.20. The summed E-state index contributed by atoms with van der Waals surface area (Å²) in [4.78, 5) is 15.5. The Balaban J connectivity index is 0.000000531. The van der Waals surface area contributed by atoms with Crippen molar-refractivity contribution in [2.45, 2.75) is 13.8 Å². The summed E-state index contributed by atoms with van der Waals surface area (Å²) in [6.45, 7) is 4.00. The first kappa shape index (κ1) is 11.7. The summed E-state index contributed by atoms with van der Waals surface area (Å²) in [6.07, 6.45) is 3.17. The van der Waals surface area contributed by atoms with Crippen LogP contribution in [0.3, 0.4) is 0 Å². The fourth-order valence-corrected chi connectivity index (χ4v) is 1.53. The van der Waals surface area contributed by atoms with Crippen molar-refractivity contribution >= 4 is 22.5 Å². The Bertz CT molecular complexity index is 519. The van der Waals surface area contributed by atoms with Crippen LogP contribution in [-0.2, 0) is 7.05 Å². The number of fused-ring (bicyclic) bond motifs is 1. The standard InChI is InChI=1S/C9H7ClN2O.C2H6/c1-12-5-7(10)6-3-2-4-11-8(6)9(12)13;1-2/h2-5H,1H3;1-2H3. The van der Waals surface area contributed by atoms with Gasteiger partial charge in [-0.3, -0.25) is 9.78 Å². The molecule has 80 valence electrons. The third-order valence-electron chi connectivity index (χ3n) is 1.89. The Labute approximate surface area is 93.3 Å². The van der Waals surface area contributed by atoms with E-state index in [9.17, 15) is 4.79 Å². The van der Waals surface area contributed by atoms with Crippen molar-refractivity contribution in [3.8, 4) is 0 Å². The van der Waals surface area contributed by atoms with Crippen LogP contribution in [0.25, 0.3) is 10.9 Å². The summed E-state index contributed by atoms with van der Waals surface area (Å²) in [5, 5.41) is 1.25. The molecule has 0 saturated carbocycles. The molecule has 0 unspecified atom stereocenters. The fourth-order valence-electron chi connectivity index (χ4n) is 1.23. The monoisotopic (exact) mass is 224 g/mol. The van der Waals surface area contributed by atoms with Gasteiger partial charge >= 0.3 is 0 Å². The minimum absolute atomic E-state index is 0.125. The quantitative estimate of drug-likeness (QED) is 0.690. The van der Waals surface area contributed by atoms with Gasteiger partial charge in [0.1, 0.15) is 5.52 Å². The predicted octanol–water partition coefficient (Wildman–Crippen LogP) is 2.61. The summed E-state index contributed by atoms with van der Waals surface area (Å²) in [6, 6.07) is 3.54. The lowest BCUT2D eigenvalue weighted by atomic mass is 10.2. The molecule has 2 heterocycles. The van der Waals surface area contributed by atoms with E-state index in [0.717, 1.165) is 0 Å². The number of aromatic nitrogens is 2. The number of hydrogen-bond donors (Lipinski definition) is 0. The normalized spacial score (nSPS) is 9.60.